The molecule has 1 aromatic rings. The second kappa shape index (κ2) is 8.13. The van der Waals surface area contributed by atoms with Crippen LogP contribution in [-0.4, -0.2) is 19.1 Å². The van der Waals surface area contributed by atoms with Crippen molar-refractivity contribution in [3.63, 3.8) is 0 Å². The fraction of sp³-hybridized carbons (Fsp3) is 0.417. The van der Waals surface area contributed by atoms with Crippen LogP contribution < -0.4 is 5.73 Å². The van der Waals surface area contributed by atoms with Crippen LogP contribution in [-0.2, 0) is 22.4 Å². The molecular weight excluding hydrogens is 226 g/mol. The van der Waals surface area contributed by atoms with Crippen LogP contribution in [0.5, 0.6) is 0 Å². The van der Waals surface area contributed by atoms with Gasteiger partial charge in [0, 0.05) is 0 Å². The quantitative estimate of drug-likeness (QED) is 0.802. The topological polar surface area (TPSA) is 52.3 Å². The van der Waals surface area contributed by atoms with Crippen LogP contribution in [0.3, 0.4) is 0 Å². The lowest BCUT2D eigenvalue weighted by atomic mass is 10.1. The molecule has 0 fully saturated rings. The van der Waals surface area contributed by atoms with Crippen molar-refractivity contribution in [2.75, 3.05) is 13.2 Å². The standard InChI is InChI=1S/C12H17NO2.ClH/c1-2-15-12(14)9-11-5-3-10(4-6-11)7-8-13;/h3-6H,2,7-9,13H2,1H3;1H. The smallest absolute Gasteiger partial charge is 0.310 e. The summed E-state index contributed by atoms with van der Waals surface area (Å²) in [5.41, 5.74) is 7.62. The monoisotopic (exact) mass is 243 g/mol. The van der Waals surface area contributed by atoms with Gasteiger partial charge in [0.25, 0.3) is 0 Å². The molecule has 16 heavy (non-hydrogen) atoms. The van der Waals surface area contributed by atoms with Crippen LogP contribution in [0.25, 0.3) is 0 Å². The number of ether oxygens (including phenoxy) is 1. The number of benzene rings is 1. The summed E-state index contributed by atoms with van der Waals surface area (Å²) in [5, 5.41) is 0. The number of esters is 1. The first-order chi connectivity index (χ1) is 7.26. The van der Waals surface area contributed by atoms with Crippen LogP contribution >= 0.6 is 12.4 Å². The van der Waals surface area contributed by atoms with Gasteiger partial charge in [-0.2, -0.15) is 0 Å². The van der Waals surface area contributed by atoms with E-state index in [2.05, 4.69) is 0 Å². The molecule has 2 N–H and O–H groups in total. The zero-order valence-electron chi connectivity index (χ0n) is 9.44. The van der Waals surface area contributed by atoms with Crippen molar-refractivity contribution in [1.82, 2.24) is 0 Å². The third-order valence-corrected chi connectivity index (χ3v) is 2.11. The lowest BCUT2D eigenvalue weighted by Crippen LogP contribution is -2.07. The fourth-order valence-electron chi connectivity index (χ4n) is 1.37. The average Bonchev–Trinajstić information content (AvgIpc) is 2.22. The predicted octanol–water partition coefficient (Wildman–Crippen LogP) is 1.72. The molecule has 0 aliphatic heterocycles. The molecule has 3 nitrogen and oxygen atoms in total. The Kier molecular flexibility index (Phi) is 7.60. The van der Waals surface area contributed by atoms with Gasteiger partial charge >= 0.3 is 5.97 Å². The molecule has 0 aliphatic carbocycles. The summed E-state index contributed by atoms with van der Waals surface area (Å²) in [5.74, 6) is -0.177. The average molecular weight is 244 g/mol. The first-order valence-electron chi connectivity index (χ1n) is 5.19. The Morgan fingerprint density at radius 1 is 1.25 bits per heavy atom. The molecule has 0 saturated heterocycles. The highest BCUT2D eigenvalue weighted by Gasteiger charge is 2.03. The number of halogens is 1. The van der Waals surface area contributed by atoms with Crippen molar-refractivity contribution in [3.05, 3.63) is 35.4 Å². The highest BCUT2D eigenvalue weighted by atomic mass is 35.5. The van der Waals surface area contributed by atoms with Gasteiger partial charge in [-0.1, -0.05) is 24.3 Å². The number of nitrogens with two attached hydrogens (primary N) is 1. The van der Waals surface area contributed by atoms with Gasteiger partial charge in [-0.3, -0.25) is 4.79 Å². The third-order valence-electron chi connectivity index (χ3n) is 2.11. The Morgan fingerprint density at radius 3 is 2.31 bits per heavy atom. The minimum absolute atomic E-state index is 0. The Labute approximate surface area is 102 Å². The molecule has 1 rings (SSSR count). The van der Waals surface area contributed by atoms with Crippen LogP contribution in [0.2, 0.25) is 0 Å². The first-order valence-corrected chi connectivity index (χ1v) is 5.19. The van der Waals surface area contributed by atoms with E-state index in [1.807, 2.05) is 31.2 Å². The fourth-order valence-corrected chi connectivity index (χ4v) is 1.37. The normalized spacial score (nSPS) is 9.38. The molecule has 0 unspecified atom stereocenters. The zero-order chi connectivity index (χ0) is 11.1. The molecule has 1 aromatic carbocycles. The van der Waals surface area contributed by atoms with E-state index in [1.165, 1.54) is 5.56 Å². The Bertz CT molecular complexity index is 311. The van der Waals surface area contributed by atoms with Crippen molar-refractivity contribution in [3.8, 4) is 0 Å². The first kappa shape index (κ1) is 14.9. The minimum atomic E-state index is -0.177. The maximum Gasteiger partial charge on any atom is 0.310 e. The van der Waals surface area contributed by atoms with E-state index in [4.69, 9.17) is 10.5 Å². The summed E-state index contributed by atoms with van der Waals surface area (Å²) in [7, 11) is 0. The lowest BCUT2D eigenvalue weighted by Gasteiger charge is -2.03. The van der Waals surface area contributed by atoms with Gasteiger partial charge in [-0.25, -0.2) is 0 Å². The van der Waals surface area contributed by atoms with Crippen molar-refractivity contribution in [2.45, 2.75) is 19.8 Å². The molecule has 4 heteroatoms. The number of rotatable bonds is 5. The summed E-state index contributed by atoms with van der Waals surface area (Å²) < 4.78 is 4.86. The van der Waals surface area contributed by atoms with Gasteiger partial charge in [0.2, 0.25) is 0 Å². The molecule has 0 spiro atoms. The van der Waals surface area contributed by atoms with Crippen LogP contribution in [0.15, 0.2) is 24.3 Å². The summed E-state index contributed by atoms with van der Waals surface area (Å²) >= 11 is 0. The van der Waals surface area contributed by atoms with Gasteiger partial charge < -0.3 is 10.5 Å². The van der Waals surface area contributed by atoms with Gasteiger partial charge in [-0.05, 0) is 31.0 Å². The molecule has 0 aliphatic rings. The molecule has 0 radical (unpaired) electrons. The molecule has 0 aromatic heterocycles. The van der Waals surface area contributed by atoms with E-state index in [-0.39, 0.29) is 18.4 Å². The third kappa shape index (κ3) is 5.14. The van der Waals surface area contributed by atoms with Crippen molar-refractivity contribution < 1.29 is 9.53 Å². The summed E-state index contributed by atoms with van der Waals surface area (Å²) in [6.45, 7) is 2.89. The van der Waals surface area contributed by atoms with E-state index in [9.17, 15) is 4.79 Å². The SMILES string of the molecule is CCOC(=O)Cc1ccc(CCN)cc1.Cl. The summed E-state index contributed by atoms with van der Waals surface area (Å²) in [6.07, 6.45) is 1.22. The number of carbonyl (C=O) groups excluding carboxylic acids is 1. The molecule has 90 valence electrons. The molecule has 0 bridgehead atoms. The molecule has 0 heterocycles. The molecule has 0 amide bonds. The van der Waals surface area contributed by atoms with Gasteiger partial charge in [0.15, 0.2) is 0 Å². The molecule has 0 atom stereocenters. The van der Waals surface area contributed by atoms with Crippen LogP contribution in [0.1, 0.15) is 18.1 Å². The molecular formula is C12H18ClNO2. The summed E-state index contributed by atoms with van der Waals surface area (Å²) in [4.78, 5) is 11.2. The number of hydrogen-bond acceptors (Lipinski definition) is 3. The Hall–Kier alpha value is -1.06. The van der Waals surface area contributed by atoms with E-state index in [0.717, 1.165) is 12.0 Å². The zero-order valence-corrected chi connectivity index (χ0v) is 10.3. The van der Waals surface area contributed by atoms with E-state index >= 15 is 0 Å². The Balaban J connectivity index is 0.00000225. The van der Waals surface area contributed by atoms with Gasteiger partial charge in [0.1, 0.15) is 0 Å². The maximum absolute atomic E-state index is 11.2. The van der Waals surface area contributed by atoms with Crippen molar-refractivity contribution >= 4 is 18.4 Å². The highest BCUT2D eigenvalue weighted by Crippen LogP contribution is 2.06. The summed E-state index contributed by atoms with van der Waals surface area (Å²) in [6, 6.07) is 7.90. The van der Waals surface area contributed by atoms with Gasteiger partial charge in [0.05, 0.1) is 13.0 Å². The van der Waals surface area contributed by atoms with Gasteiger partial charge in [-0.15, -0.1) is 12.4 Å². The second-order valence-corrected chi connectivity index (χ2v) is 3.34. The lowest BCUT2D eigenvalue weighted by molar-refractivity contribution is -0.142. The van der Waals surface area contributed by atoms with Crippen molar-refractivity contribution in [1.29, 1.82) is 0 Å². The van der Waals surface area contributed by atoms with Crippen LogP contribution in [0, 0.1) is 0 Å². The number of hydrogen-bond donors (Lipinski definition) is 1. The second-order valence-electron chi connectivity index (χ2n) is 3.34. The highest BCUT2D eigenvalue weighted by molar-refractivity contribution is 5.85. The predicted molar refractivity (Wildman–Crippen MR) is 66.8 cm³/mol. The van der Waals surface area contributed by atoms with E-state index < -0.39 is 0 Å². The number of carbonyl (C=O) groups is 1. The minimum Gasteiger partial charge on any atom is -0.466 e. The maximum atomic E-state index is 11.2. The molecule has 0 saturated carbocycles. The van der Waals surface area contributed by atoms with Crippen LogP contribution in [0.4, 0.5) is 0 Å². The Morgan fingerprint density at radius 2 is 1.81 bits per heavy atom. The largest absolute Gasteiger partial charge is 0.466 e. The van der Waals surface area contributed by atoms with E-state index in [1.54, 1.807) is 0 Å². The van der Waals surface area contributed by atoms with E-state index in [0.29, 0.717) is 19.6 Å². The van der Waals surface area contributed by atoms with Crippen molar-refractivity contribution in [2.24, 2.45) is 5.73 Å².